The van der Waals surface area contributed by atoms with Gasteiger partial charge in [0.05, 0.1) is 24.9 Å². The maximum absolute atomic E-state index is 12.8. The van der Waals surface area contributed by atoms with E-state index in [1.54, 1.807) is 32.9 Å². The first-order chi connectivity index (χ1) is 13.8. The molecule has 8 heteroatoms. The van der Waals surface area contributed by atoms with E-state index in [1.165, 1.54) is 6.92 Å². The fourth-order valence-corrected chi connectivity index (χ4v) is 6.72. The number of carbonyl (C=O) groups is 2. The van der Waals surface area contributed by atoms with Gasteiger partial charge in [0.15, 0.2) is 5.78 Å². The van der Waals surface area contributed by atoms with Crippen LogP contribution in [0.1, 0.15) is 34.1 Å². The molecule has 30 heavy (non-hydrogen) atoms. The lowest BCUT2D eigenvalue weighted by Crippen LogP contribution is -2.65. The molecule has 0 bridgehead atoms. The Kier molecular flexibility index (Phi) is 4.50. The summed E-state index contributed by atoms with van der Waals surface area (Å²) in [6, 6.07) is 0. The Labute approximate surface area is 174 Å². The van der Waals surface area contributed by atoms with Crippen molar-refractivity contribution in [3.63, 3.8) is 0 Å². The summed E-state index contributed by atoms with van der Waals surface area (Å²) in [6.07, 6.45) is 1.66. The highest BCUT2D eigenvalue weighted by atomic mass is 16.5. The van der Waals surface area contributed by atoms with Gasteiger partial charge in [-0.1, -0.05) is 26.0 Å². The molecular weight excluding hydrogens is 392 g/mol. The van der Waals surface area contributed by atoms with Crippen LogP contribution in [-0.4, -0.2) is 73.4 Å². The van der Waals surface area contributed by atoms with Crippen molar-refractivity contribution in [2.24, 2.45) is 29.1 Å². The van der Waals surface area contributed by atoms with Crippen molar-refractivity contribution in [3.8, 4) is 0 Å². The first-order valence-electron chi connectivity index (χ1n) is 10.3. The summed E-state index contributed by atoms with van der Waals surface area (Å²) < 4.78 is 5.17. The smallest absolute Gasteiger partial charge is 0.302 e. The topological polar surface area (TPSA) is 145 Å². The molecule has 0 saturated heterocycles. The van der Waals surface area contributed by atoms with Crippen LogP contribution in [0.2, 0.25) is 0 Å². The van der Waals surface area contributed by atoms with E-state index in [4.69, 9.17) is 4.74 Å². The summed E-state index contributed by atoms with van der Waals surface area (Å²) in [5.74, 6) is -4.45. The molecule has 4 rings (SSSR count). The molecule has 5 N–H and O–H groups in total. The first-order valence-corrected chi connectivity index (χ1v) is 10.3. The van der Waals surface area contributed by atoms with Crippen LogP contribution in [0.5, 0.6) is 0 Å². The van der Waals surface area contributed by atoms with Gasteiger partial charge in [0, 0.05) is 42.4 Å². The number of hydrogen-bond acceptors (Lipinski definition) is 8. The molecule has 0 spiro atoms. The molecule has 0 amide bonds. The number of aliphatic hydroxyl groups is 5. The number of hydrogen-bond donors (Lipinski definition) is 5. The van der Waals surface area contributed by atoms with Crippen LogP contribution in [0, 0.1) is 29.1 Å². The first kappa shape index (κ1) is 21.6. The molecule has 0 aromatic carbocycles. The lowest BCUT2D eigenvalue weighted by Gasteiger charge is -2.51. The number of ether oxygens (including phenoxy) is 1. The average molecular weight is 422 g/mol. The van der Waals surface area contributed by atoms with Gasteiger partial charge in [0.1, 0.15) is 11.2 Å². The van der Waals surface area contributed by atoms with Crippen molar-refractivity contribution in [3.05, 3.63) is 23.3 Å². The fraction of sp³-hybridized carbons (Fsp3) is 0.727. The number of esters is 1. The molecule has 0 aromatic rings. The van der Waals surface area contributed by atoms with Gasteiger partial charge in [0.2, 0.25) is 0 Å². The molecule has 2 saturated carbocycles. The highest BCUT2D eigenvalue weighted by Gasteiger charge is 2.86. The minimum Gasteiger partial charge on any atom is -0.465 e. The van der Waals surface area contributed by atoms with E-state index in [0.717, 1.165) is 0 Å². The Hall–Kier alpha value is -1.58. The second-order valence-electron chi connectivity index (χ2n) is 9.89. The highest BCUT2D eigenvalue weighted by molar-refractivity contribution is 6.04. The molecule has 0 aliphatic heterocycles. The summed E-state index contributed by atoms with van der Waals surface area (Å²) >= 11 is 0. The van der Waals surface area contributed by atoms with Crippen molar-refractivity contribution >= 4 is 11.8 Å². The zero-order valence-electron chi connectivity index (χ0n) is 17.6. The van der Waals surface area contributed by atoms with Gasteiger partial charge in [-0.3, -0.25) is 9.59 Å². The zero-order valence-corrected chi connectivity index (χ0v) is 17.6. The number of rotatable bonds is 3. The van der Waals surface area contributed by atoms with Crippen molar-refractivity contribution in [2.45, 2.75) is 57.0 Å². The highest BCUT2D eigenvalue weighted by Crippen LogP contribution is 2.75. The average Bonchev–Trinajstić information content (AvgIpc) is 3.13. The van der Waals surface area contributed by atoms with Gasteiger partial charge in [-0.25, -0.2) is 0 Å². The summed E-state index contributed by atoms with van der Waals surface area (Å²) in [4.78, 5) is 24.2. The largest absolute Gasteiger partial charge is 0.465 e. The second kappa shape index (κ2) is 6.23. The monoisotopic (exact) mass is 422 g/mol. The number of fused-ring (bicyclic) bond motifs is 5. The molecule has 0 aromatic heterocycles. The zero-order chi connectivity index (χ0) is 22.4. The molecule has 4 aliphatic carbocycles. The van der Waals surface area contributed by atoms with Crippen LogP contribution in [0.4, 0.5) is 0 Å². The minimum atomic E-state index is -1.94. The van der Waals surface area contributed by atoms with Crippen LogP contribution in [0.3, 0.4) is 0 Å². The third-order valence-corrected chi connectivity index (χ3v) is 8.41. The van der Waals surface area contributed by atoms with E-state index < -0.39 is 70.4 Å². The predicted octanol–water partition coefficient (Wildman–Crippen LogP) is -0.527. The molecule has 0 heterocycles. The number of carbonyl (C=O) groups excluding carboxylic acids is 2. The van der Waals surface area contributed by atoms with E-state index in [1.807, 2.05) is 0 Å². The molecule has 8 nitrogen and oxygen atoms in total. The minimum absolute atomic E-state index is 0.145. The van der Waals surface area contributed by atoms with Gasteiger partial charge >= 0.3 is 5.97 Å². The Morgan fingerprint density at radius 2 is 1.90 bits per heavy atom. The van der Waals surface area contributed by atoms with Gasteiger partial charge in [0.25, 0.3) is 0 Å². The van der Waals surface area contributed by atoms with E-state index in [2.05, 4.69) is 0 Å². The molecule has 2 fully saturated rings. The maximum Gasteiger partial charge on any atom is 0.302 e. The molecule has 0 radical (unpaired) electrons. The third kappa shape index (κ3) is 2.29. The summed E-state index contributed by atoms with van der Waals surface area (Å²) in [6.45, 7) is 5.52. The fourth-order valence-electron chi connectivity index (χ4n) is 6.72. The van der Waals surface area contributed by atoms with Gasteiger partial charge < -0.3 is 30.3 Å². The normalized spacial score (nSPS) is 51.8. The second-order valence-corrected chi connectivity index (χ2v) is 9.89. The lowest BCUT2D eigenvalue weighted by atomic mass is 9.59. The van der Waals surface area contributed by atoms with Crippen molar-refractivity contribution < 1.29 is 39.9 Å². The Bertz CT molecular complexity index is 878. The Morgan fingerprint density at radius 3 is 2.47 bits per heavy atom. The molecule has 0 unspecified atom stereocenters. The quantitative estimate of drug-likeness (QED) is 0.302. The number of aliphatic hydroxyl groups excluding tert-OH is 2. The SMILES string of the molecule is CC(=O)OC[C@]1(C)[C@H]2[C@@H]3C=C(CO)C[C@]4(O)C(=O)C(C)=C[C@H]4[C@@]3(O)[C@H](C)[C@@H](O)[C@]21O. The van der Waals surface area contributed by atoms with Crippen molar-refractivity contribution in [1.29, 1.82) is 0 Å². The van der Waals surface area contributed by atoms with Gasteiger partial charge in [-0.05, 0) is 18.1 Å². The molecular formula is C22H30O8. The van der Waals surface area contributed by atoms with E-state index in [0.29, 0.717) is 11.1 Å². The predicted molar refractivity (Wildman–Crippen MR) is 104 cm³/mol. The maximum atomic E-state index is 12.8. The van der Waals surface area contributed by atoms with Crippen molar-refractivity contribution in [2.75, 3.05) is 13.2 Å². The summed E-state index contributed by atoms with van der Waals surface area (Å²) in [5.41, 5.74) is -5.67. The van der Waals surface area contributed by atoms with Crippen molar-refractivity contribution in [1.82, 2.24) is 0 Å². The van der Waals surface area contributed by atoms with E-state index >= 15 is 0 Å². The Morgan fingerprint density at radius 1 is 1.27 bits per heavy atom. The standard InChI is InChI=1S/C22H30O8/c1-10-5-15-20(27,17(10)25)7-13(8-23)6-14-16-19(4,9-30-12(3)24)22(16,29)18(26)11(2)21(14,15)28/h5-6,11,14-16,18,23,26-29H,7-9H2,1-4H3/t11-,14+,15-,16-,18-,19-,20-,21-,22-/m1/s1. The van der Waals surface area contributed by atoms with Crippen LogP contribution >= 0.6 is 0 Å². The Balaban J connectivity index is 1.88. The van der Waals surface area contributed by atoms with E-state index in [9.17, 15) is 35.1 Å². The van der Waals surface area contributed by atoms with Crippen LogP contribution in [0.25, 0.3) is 0 Å². The summed E-state index contributed by atoms with van der Waals surface area (Å²) in [5, 5.41) is 55.9. The lowest BCUT2D eigenvalue weighted by molar-refractivity contribution is -0.210. The number of ketones is 1. The molecule has 4 aliphatic rings. The van der Waals surface area contributed by atoms with Gasteiger partial charge in [-0.2, -0.15) is 0 Å². The van der Waals surface area contributed by atoms with Crippen LogP contribution in [-0.2, 0) is 14.3 Å². The van der Waals surface area contributed by atoms with Gasteiger partial charge in [-0.15, -0.1) is 0 Å². The third-order valence-electron chi connectivity index (χ3n) is 8.41. The number of Topliss-reactive ketones (excluding diaryl/α,β-unsaturated/α-hetero) is 1. The molecule has 9 atom stereocenters. The molecule has 166 valence electrons. The van der Waals surface area contributed by atoms with E-state index in [-0.39, 0.29) is 13.0 Å². The summed E-state index contributed by atoms with van der Waals surface area (Å²) in [7, 11) is 0. The van der Waals surface area contributed by atoms with Crippen LogP contribution < -0.4 is 0 Å². The van der Waals surface area contributed by atoms with Crippen LogP contribution in [0.15, 0.2) is 23.3 Å².